The van der Waals surface area contributed by atoms with E-state index >= 15 is 0 Å². The maximum Gasteiger partial charge on any atom is 0.325 e. The molecule has 1 aliphatic carbocycles. The number of rotatable bonds is 8. The van der Waals surface area contributed by atoms with Gasteiger partial charge < -0.3 is 14.4 Å². The first kappa shape index (κ1) is 26.9. The van der Waals surface area contributed by atoms with Crippen LogP contribution in [-0.4, -0.2) is 42.0 Å². The molecule has 0 saturated heterocycles. The lowest BCUT2D eigenvalue weighted by Gasteiger charge is -2.42. The van der Waals surface area contributed by atoms with Gasteiger partial charge in [0.15, 0.2) is 0 Å². The lowest BCUT2D eigenvalue weighted by Crippen LogP contribution is -2.35. The molecule has 1 aromatic carbocycles. The van der Waals surface area contributed by atoms with E-state index in [4.69, 9.17) is 9.47 Å². The van der Waals surface area contributed by atoms with E-state index in [2.05, 4.69) is 44.8 Å². The van der Waals surface area contributed by atoms with Crippen LogP contribution in [0, 0.1) is 0 Å². The molecule has 4 rings (SSSR count). The summed E-state index contributed by atoms with van der Waals surface area (Å²) in [4.78, 5) is 33.2. The van der Waals surface area contributed by atoms with Gasteiger partial charge in [0.05, 0.1) is 30.8 Å². The third-order valence-electron chi connectivity index (χ3n) is 7.25. The van der Waals surface area contributed by atoms with E-state index in [9.17, 15) is 9.59 Å². The topological polar surface area (TPSA) is 68.7 Å². The molecule has 1 amide bonds. The summed E-state index contributed by atoms with van der Waals surface area (Å²) in [6.45, 7) is 11.3. The Morgan fingerprint density at radius 1 is 1.03 bits per heavy atom. The monoisotopic (exact) mass is 520 g/mol. The Balaban J connectivity index is 1.69. The van der Waals surface area contributed by atoms with Gasteiger partial charge in [0.2, 0.25) is 0 Å². The molecule has 3 aromatic rings. The summed E-state index contributed by atoms with van der Waals surface area (Å²) in [5.41, 5.74) is 4.48. The molecule has 196 valence electrons. The molecule has 6 nitrogen and oxygen atoms in total. The second kappa shape index (κ2) is 10.7. The fraction of sp³-hybridized carbons (Fsp3) is 0.433. The largest absolute Gasteiger partial charge is 0.496 e. The minimum atomic E-state index is -0.440. The van der Waals surface area contributed by atoms with E-state index < -0.39 is 5.97 Å². The SMILES string of the molecule is CCOC(=O)CN(Cc1ccccn1)C(=O)c1ccc(-c2cc3c(cc2OC)C(C)(C)CCC3(C)C)s1. The maximum atomic E-state index is 13.6. The van der Waals surface area contributed by atoms with E-state index in [1.54, 1.807) is 20.2 Å². The van der Waals surface area contributed by atoms with E-state index in [0.29, 0.717) is 10.6 Å². The average molecular weight is 521 g/mol. The Morgan fingerprint density at radius 2 is 1.73 bits per heavy atom. The zero-order valence-electron chi connectivity index (χ0n) is 22.6. The molecule has 0 N–H and O–H groups in total. The summed E-state index contributed by atoms with van der Waals surface area (Å²) in [6, 6.07) is 13.7. The smallest absolute Gasteiger partial charge is 0.325 e. The van der Waals surface area contributed by atoms with Gasteiger partial charge in [0.1, 0.15) is 12.3 Å². The van der Waals surface area contributed by atoms with Gasteiger partial charge in [-0.3, -0.25) is 14.6 Å². The van der Waals surface area contributed by atoms with Crippen LogP contribution in [0.3, 0.4) is 0 Å². The number of ether oxygens (including phenoxy) is 2. The van der Waals surface area contributed by atoms with Gasteiger partial charge in [-0.2, -0.15) is 0 Å². The predicted molar refractivity (Wildman–Crippen MR) is 147 cm³/mol. The number of nitrogens with zero attached hydrogens (tertiary/aromatic N) is 2. The van der Waals surface area contributed by atoms with E-state index in [1.807, 2.05) is 30.3 Å². The average Bonchev–Trinajstić information content (AvgIpc) is 3.36. The highest BCUT2D eigenvalue weighted by molar-refractivity contribution is 7.17. The van der Waals surface area contributed by atoms with Crippen LogP contribution in [0.4, 0.5) is 0 Å². The summed E-state index contributed by atoms with van der Waals surface area (Å²) in [5.74, 6) is 0.139. The predicted octanol–water partition coefficient (Wildman–Crippen LogP) is 6.37. The zero-order valence-corrected chi connectivity index (χ0v) is 23.4. The van der Waals surface area contributed by atoms with Crippen LogP contribution in [0.1, 0.15) is 74.0 Å². The van der Waals surface area contributed by atoms with Crippen LogP contribution < -0.4 is 4.74 Å². The van der Waals surface area contributed by atoms with Crippen molar-refractivity contribution in [2.24, 2.45) is 0 Å². The van der Waals surface area contributed by atoms with Gasteiger partial charge >= 0.3 is 5.97 Å². The van der Waals surface area contributed by atoms with Crippen LogP contribution >= 0.6 is 11.3 Å². The van der Waals surface area contributed by atoms with E-state index in [1.165, 1.54) is 27.4 Å². The number of thiophene rings is 1. The van der Waals surface area contributed by atoms with Gasteiger partial charge in [0.25, 0.3) is 5.91 Å². The van der Waals surface area contributed by atoms with Crippen molar-refractivity contribution in [2.75, 3.05) is 20.3 Å². The standard InChI is InChI=1S/C30H36N2O4S/c1-7-36-27(33)19-32(18-20-10-8-9-15-31-20)28(34)26-12-11-25(37-26)21-16-22-23(17-24(21)35-6)30(4,5)14-13-29(22,2)3/h8-12,15-17H,7,13-14,18-19H2,1-6H3. The first-order valence-electron chi connectivity index (χ1n) is 12.7. The number of hydrogen-bond acceptors (Lipinski definition) is 6. The summed E-state index contributed by atoms with van der Waals surface area (Å²) in [5, 5.41) is 0. The van der Waals surface area contributed by atoms with E-state index in [-0.39, 0.29) is 36.4 Å². The Morgan fingerprint density at radius 3 is 2.35 bits per heavy atom. The van der Waals surface area contributed by atoms with Crippen LogP contribution in [0.25, 0.3) is 10.4 Å². The summed E-state index contributed by atoms with van der Waals surface area (Å²) in [7, 11) is 1.69. The number of methoxy groups -OCH3 is 1. The lowest BCUT2D eigenvalue weighted by molar-refractivity contribution is -0.143. The van der Waals surface area contributed by atoms with Crippen molar-refractivity contribution < 1.29 is 19.1 Å². The molecule has 0 unspecified atom stereocenters. The molecule has 2 aromatic heterocycles. The third-order valence-corrected chi connectivity index (χ3v) is 8.35. The molecule has 2 heterocycles. The maximum absolute atomic E-state index is 13.6. The molecule has 0 aliphatic heterocycles. The number of pyridine rings is 1. The van der Waals surface area contributed by atoms with Crippen LogP contribution in [0.2, 0.25) is 0 Å². The number of benzene rings is 1. The van der Waals surface area contributed by atoms with Crippen LogP contribution in [-0.2, 0) is 26.9 Å². The minimum absolute atomic E-state index is 0.0565. The highest BCUT2D eigenvalue weighted by atomic mass is 32.1. The molecule has 0 saturated carbocycles. The summed E-state index contributed by atoms with van der Waals surface area (Å²) >= 11 is 1.41. The summed E-state index contributed by atoms with van der Waals surface area (Å²) in [6.07, 6.45) is 3.92. The van der Waals surface area contributed by atoms with Crippen molar-refractivity contribution in [3.63, 3.8) is 0 Å². The molecule has 1 aliphatic rings. The number of amides is 1. The van der Waals surface area contributed by atoms with Crippen molar-refractivity contribution in [2.45, 2.75) is 64.8 Å². The van der Waals surface area contributed by atoms with Gasteiger partial charge in [-0.15, -0.1) is 11.3 Å². The van der Waals surface area contributed by atoms with Crippen molar-refractivity contribution in [1.82, 2.24) is 9.88 Å². The molecule has 0 bridgehead atoms. The lowest BCUT2D eigenvalue weighted by atomic mass is 9.63. The van der Waals surface area contributed by atoms with Gasteiger partial charge in [-0.25, -0.2) is 0 Å². The zero-order chi connectivity index (χ0) is 26.8. The highest BCUT2D eigenvalue weighted by Gasteiger charge is 2.38. The Bertz CT molecular complexity index is 1280. The Labute approximate surface area is 223 Å². The molecule has 7 heteroatoms. The molecule has 0 fully saturated rings. The highest BCUT2D eigenvalue weighted by Crippen LogP contribution is 2.49. The molecular weight excluding hydrogens is 484 g/mol. The van der Waals surface area contributed by atoms with Gasteiger partial charge in [0, 0.05) is 16.6 Å². The number of esters is 1. The fourth-order valence-corrected chi connectivity index (χ4v) is 5.95. The van der Waals surface area contributed by atoms with Crippen molar-refractivity contribution in [3.8, 4) is 16.2 Å². The molecule has 0 radical (unpaired) electrons. The van der Waals surface area contributed by atoms with Crippen molar-refractivity contribution in [1.29, 1.82) is 0 Å². The number of carbonyl (C=O) groups is 2. The van der Waals surface area contributed by atoms with Crippen LogP contribution in [0.15, 0.2) is 48.7 Å². The van der Waals surface area contributed by atoms with Crippen molar-refractivity contribution >= 4 is 23.2 Å². The molecular formula is C30H36N2O4S. The van der Waals surface area contributed by atoms with E-state index in [0.717, 1.165) is 29.0 Å². The normalized spacial score (nSPS) is 15.5. The number of hydrogen-bond donors (Lipinski definition) is 0. The van der Waals surface area contributed by atoms with Gasteiger partial charge in [-0.05, 0) is 78.1 Å². The summed E-state index contributed by atoms with van der Waals surface area (Å²) < 4.78 is 11.0. The number of fused-ring (bicyclic) bond motifs is 1. The Kier molecular flexibility index (Phi) is 7.74. The Hall–Kier alpha value is -3.19. The van der Waals surface area contributed by atoms with Gasteiger partial charge in [-0.1, -0.05) is 33.8 Å². The first-order valence-corrected chi connectivity index (χ1v) is 13.6. The second-order valence-electron chi connectivity index (χ2n) is 10.8. The first-order chi connectivity index (χ1) is 17.6. The fourth-order valence-electron chi connectivity index (χ4n) is 4.96. The minimum Gasteiger partial charge on any atom is -0.496 e. The molecule has 0 spiro atoms. The number of aromatic nitrogens is 1. The quantitative estimate of drug-likeness (QED) is 0.323. The molecule has 0 atom stereocenters. The van der Waals surface area contributed by atoms with Crippen molar-refractivity contribution in [3.05, 3.63) is 70.4 Å². The molecule has 37 heavy (non-hydrogen) atoms. The van der Waals surface area contributed by atoms with Crippen LogP contribution in [0.5, 0.6) is 5.75 Å². The third kappa shape index (κ3) is 5.72. The number of carbonyl (C=O) groups excluding carboxylic acids is 2. The second-order valence-corrected chi connectivity index (χ2v) is 11.9.